The fraction of sp³-hybridized carbons (Fsp3) is 0.133. The number of methoxy groups -OCH3 is 2. The lowest BCUT2D eigenvalue weighted by Gasteiger charge is -2.11. The van der Waals surface area contributed by atoms with Crippen LogP contribution in [0.4, 0.5) is 17.1 Å². The van der Waals surface area contributed by atoms with Crippen molar-refractivity contribution in [2.75, 3.05) is 24.9 Å². The molecule has 8 heteroatoms. The van der Waals surface area contributed by atoms with Gasteiger partial charge in [0.25, 0.3) is 5.69 Å². The fourth-order valence-electron chi connectivity index (χ4n) is 1.85. The third-order valence-corrected chi connectivity index (χ3v) is 3.20. The summed E-state index contributed by atoms with van der Waals surface area (Å²) in [7, 11) is 3.03. The van der Waals surface area contributed by atoms with E-state index in [4.69, 9.17) is 21.7 Å². The van der Waals surface area contributed by atoms with Crippen LogP contribution in [0, 0.1) is 10.1 Å². The molecule has 0 bridgehead atoms. The van der Waals surface area contributed by atoms with E-state index in [-0.39, 0.29) is 16.5 Å². The van der Waals surface area contributed by atoms with Gasteiger partial charge in [0.1, 0.15) is 17.2 Å². The lowest BCUT2D eigenvalue weighted by molar-refractivity contribution is -0.384. The average molecular weight is 333 g/mol. The van der Waals surface area contributed by atoms with Gasteiger partial charge >= 0.3 is 0 Å². The molecule has 0 saturated heterocycles. The quantitative estimate of drug-likeness (QED) is 0.492. The molecule has 23 heavy (non-hydrogen) atoms. The molecule has 0 radical (unpaired) electrons. The Balaban J connectivity index is 2.11. The van der Waals surface area contributed by atoms with Crippen LogP contribution in [0.2, 0.25) is 0 Å². The first-order valence-corrected chi connectivity index (χ1v) is 6.99. The molecule has 0 saturated carbocycles. The maximum Gasteiger partial charge on any atom is 0.296 e. The second kappa shape index (κ2) is 7.41. The number of hydrogen-bond acceptors (Lipinski definition) is 5. The summed E-state index contributed by atoms with van der Waals surface area (Å²) in [6.45, 7) is 0. The van der Waals surface area contributed by atoms with Crippen molar-refractivity contribution in [3.8, 4) is 11.5 Å². The van der Waals surface area contributed by atoms with E-state index in [1.54, 1.807) is 43.5 Å². The molecule has 0 unspecified atom stereocenters. The maximum atomic E-state index is 11.1. The van der Waals surface area contributed by atoms with Crippen molar-refractivity contribution in [1.82, 2.24) is 0 Å². The topological polar surface area (TPSA) is 85.7 Å². The van der Waals surface area contributed by atoms with Crippen molar-refractivity contribution < 1.29 is 14.4 Å². The van der Waals surface area contributed by atoms with Crippen molar-refractivity contribution >= 4 is 34.4 Å². The van der Waals surface area contributed by atoms with Gasteiger partial charge in [-0.2, -0.15) is 0 Å². The van der Waals surface area contributed by atoms with Crippen LogP contribution in [0.3, 0.4) is 0 Å². The van der Waals surface area contributed by atoms with Gasteiger partial charge in [-0.3, -0.25) is 10.1 Å². The predicted octanol–water partition coefficient (Wildman–Crippen LogP) is 3.42. The molecule has 0 aromatic heterocycles. The van der Waals surface area contributed by atoms with Gasteiger partial charge < -0.3 is 20.1 Å². The lowest BCUT2D eigenvalue weighted by Crippen LogP contribution is -2.19. The van der Waals surface area contributed by atoms with E-state index in [2.05, 4.69) is 10.6 Å². The van der Waals surface area contributed by atoms with Crippen molar-refractivity contribution in [1.29, 1.82) is 0 Å². The van der Waals surface area contributed by atoms with Crippen molar-refractivity contribution in [3.05, 3.63) is 52.6 Å². The van der Waals surface area contributed by atoms with Gasteiger partial charge in [-0.05, 0) is 48.6 Å². The highest BCUT2D eigenvalue weighted by atomic mass is 32.1. The van der Waals surface area contributed by atoms with E-state index in [0.717, 1.165) is 11.4 Å². The number of nitro benzene ring substituents is 1. The van der Waals surface area contributed by atoms with Gasteiger partial charge in [-0.1, -0.05) is 0 Å². The summed E-state index contributed by atoms with van der Waals surface area (Å²) < 4.78 is 10.1. The third kappa shape index (κ3) is 4.30. The molecule has 0 spiro atoms. The molecule has 0 aliphatic carbocycles. The maximum absolute atomic E-state index is 11.1. The molecule has 2 N–H and O–H groups in total. The molecule has 2 aromatic rings. The fourth-order valence-corrected chi connectivity index (χ4v) is 2.08. The number of ether oxygens (including phenoxy) is 2. The number of nitrogens with one attached hydrogen (secondary N) is 2. The Labute approximate surface area is 138 Å². The largest absolute Gasteiger partial charge is 0.497 e. The summed E-state index contributed by atoms with van der Waals surface area (Å²) >= 11 is 5.18. The molecular formula is C15H15N3O4S. The molecule has 0 fully saturated rings. The summed E-state index contributed by atoms with van der Waals surface area (Å²) in [5, 5.41) is 17.1. The molecular weight excluding hydrogens is 318 g/mol. The molecule has 2 rings (SSSR count). The number of hydrogen-bond donors (Lipinski definition) is 2. The lowest BCUT2D eigenvalue weighted by atomic mass is 10.2. The minimum absolute atomic E-state index is 0.122. The van der Waals surface area contributed by atoms with Crippen molar-refractivity contribution in [2.45, 2.75) is 0 Å². The zero-order valence-corrected chi connectivity index (χ0v) is 13.3. The van der Waals surface area contributed by atoms with Crippen LogP contribution in [0.15, 0.2) is 42.5 Å². The number of nitro groups is 1. The Morgan fingerprint density at radius 2 is 1.65 bits per heavy atom. The minimum atomic E-state index is -0.499. The second-order valence-corrected chi connectivity index (χ2v) is 4.86. The number of benzene rings is 2. The van der Waals surface area contributed by atoms with Gasteiger partial charge in [-0.15, -0.1) is 0 Å². The normalized spacial score (nSPS) is 9.83. The zero-order chi connectivity index (χ0) is 16.8. The molecule has 0 atom stereocenters. The molecule has 0 heterocycles. The molecule has 0 amide bonds. The van der Waals surface area contributed by atoms with Crippen LogP contribution in [0.25, 0.3) is 0 Å². The molecule has 0 aliphatic rings. The van der Waals surface area contributed by atoms with E-state index >= 15 is 0 Å². The highest BCUT2D eigenvalue weighted by Gasteiger charge is 2.16. The van der Waals surface area contributed by atoms with Crippen LogP contribution < -0.4 is 20.1 Å². The number of thiocarbonyl (C=S) groups is 1. The zero-order valence-electron chi connectivity index (χ0n) is 12.5. The van der Waals surface area contributed by atoms with Crippen LogP contribution >= 0.6 is 12.2 Å². The van der Waals surface area contributed by atoms with Gasteiger partial charge in [0.05, 0.1) is 25.2 Å². The Hall–Kier alpha value is -2.87. The summed E-state index contributed by atoms with van der Waals surface area (Å²) in [5.74, 6) is 1.12. The number of anilines is 2. The van der Waals surface area contributed by atoms with Gasteiger partial charge in [-0.25, -0.2) is 0 Å². The van der Waals surface area contributed by atoms with Gasteiger partial charge in [0.15, 0.2) is 5.11 Å². The first kappa shape index (κ1) is 16.5. The Bertz CT molecular complexity index is 719. The van der Waals surface area contributed by atoms with E-state index < -0.39 is 4.92 Å². The van der Waals surface area contributed by atoms with E-state index in [0.29, 0.717) is 5.75 Å². The first-order valence-electron chi connectivity index (χ1n) is 6.58. The third-order valence-electron chi connectivity index (χ3n) is 3.00. The van der Waals surface area contributed by atoms with Crippen molar-refractivity contribution in [3.63, 3.8) is 0 Å². The predicted molar refractivity (Wildman–Crippen MR) is 92.5 cm³/mol. The molecule has 7 nitrogen and oxygen atoms in total. The molecule has 2 aromatic carbocycles. The van der Waals surface area contributed by atoms with Crippen LogP contribution in [-0.2, 0) is 0 Å². The Kier molecular flexibility index (Phi) is 5.32. The molecule has 120 valence electrons. The van der Waals surface area contributed by atoms with Gasteiger partial charge in [0.2, 0.25) is 0 Å². The van der Waals surface area contributed by atoms with E-state index in [1.807, 2.05) is 0 Å². The van der Waals surface area contributed by atoms with Crippen LogP contribution in [-0.4, -0.2) is 24.3 Å². The van der Waals surface area contributed by atoms with Crippen molar-refractivity contribution in [2.24, 2.45) is 0 Å². The van der Waals surface area contributed by atoms with Gasteiger partial charge in [0, 0.05) is 5.69 Å². The summed E-state index contributed by atoms with van der Waals surface area (Å²) in [6.07, 6.45) is 0. The second-order valence-electron chi connectivity index (χ2n) is 4.45. The Morgan fingerprint density at radius 3 is 2.22 bits per heavy atom. The van der Waals surface area contributed by atoms with E-state index in [1.165, 1.54) is 13.2 Å². The van der Waals surface area contributed by atoms with Crippen LogP contribution in [0.5, 0.6) is 11.5 Å². The van der Waals surface area contributed by atoms with E-state index in [9.17, 15) is 10.1 Å². The summed E-state index contributed by atoms with van der Waals surface area (Å²) in [5.41, 5.74) is 0.893. The minimum Gasteiger partial charge on any atom is -0.497 e. The summed E-state index contributed by atoms with van der Waals surface area (Å²) in [6, 6.07) is 11.6. The highest BCUT2D eigenvalue weighted by molar-refractivity contribution is 7.80. The Morgan fingerprint density at radius 1 is 1.04 bits per heavy atom. The monoisotopic (exact) mass is 333 g/mol. The number of nitrogens with zero attached hydrogens (tertiary/aromatic N) is 1. The summed E-state index contributed by atoms with van der Waals surface area (Å²) in [4.78, 5) is 10.6. The standard InChI is InChI=1S/C15H15N3O4S/c1-21-11-5-3-10(4-6-11)16-15(23)17-13-8-7-12(22-2)9-14(13)18(19)20/h3-9H,1-2H3,(H2,16,17,23). The highest BCUT2D eigenvalue weighted by Crippen LogP contribution is 2.29. The smallest absolute Gasteiger partial charge is 0.296 e. The van der Waals surface area contributed by atoms with Crippen LogP contribution in [0.1, 0.15) is 0 Å². The molecule has 0 aliphatic heterocycles. The average Bonchev–Trinajstić information content (AvgIpc) is 2.55. The SMILES string of the molecule is COc1ccc(NC(=S)Nc2ccc(OC)cc2[N+](=O)[O-])cc1. The number of rotatable bonds is 5. The first-order chi connectivity index (χ1) is 11.0.